The molecule has 8 rings (SSSR count). The zero-order valence-corrected chi connectivity index (χ0v) is 27.8. The van der Waals surface area contributed by atoms with Crippen molar-refractivity contribution >= 4 is 44.4 Å². The lowest BCUT2D eigenvalue weighted by Gasteiger charge is -2.26. The minimum atomic E-state index is 0.936. The number of benzene rings is 7. The third kappa shape index (κ3) is 5.85. The van der Waals surface area contributed by atoms with Crippen LogP contribution in [-0.4, -0.2) is 4.57 Å². The van der Waals surface area contributed by atoms with Crippen molar-refractivity contribution in [2.24, 2.45) is 0 Å². The van der Waals surface area contributed by atoms with Gasteiger partial charge in [0.2, 0.25) is 0 Å². The third-order valence-electron chi connectivity index (χ3n) is 9.31. The summed E-state index contributed by atoms with van der Waals surface area (Å²) in [6.07, 6.45) is 5.69. The summed E-state index contributed by atoms with van der Waals surface area (Å²) in [4.78, 5) is 2.30. The number of para-hydroxylation sites is 2. The molecule has 0 aliphatic rings. The Hall–Kier alpha value is -6.64. The van der Waals surface area contributed by atoms with Crippen LogP contribution in [0.2, 0.25) is 0 Å². The van der Waals surface area contributed by atoms with Gasteiger partial charge < -0.3 is 9.47 Å². The zero-order valence-electron chi connectivity index (χ0n) is 27.8. The van der Waals surface area contributed by atoms with Crippen LogP contribution in [0.5, 0.6) is 0 Å². The molecule has 0 unspecified atom stereocenters. The van der Waals surface area contributed by atoms with Gasteiger partial charge in [0.15, 0.2) is 0 Å². The molecule has 0 fully saturated rings. The van der Waals surface area contributed by atoms with Gasteiger partial charge in [-0.25, -0.2) is 0 Å². The average Bonchev–Trinajstić information content (AvgIpc) is 3.52. The molecule has 2 heteroatoms. The average molecular weight is 641 g/mol. The largest absolute Gasteiger partial charge is 0.310 e. The number of allylic oxidation sites excluding steroid dienone is 4. The number of fused-ring (bicyclic) bond motifs is 3. The topological polar surface area (TPSA) is 8.17 Å². The molecule has 0 saturated carbocycles. The van der Waals surface area contributed by atoms with E-state index in [1.54, 1.807) is 6.08 Å². The lowest BCUT2D eigenvalue weighted by atomic mass is 10.0. The summed E-state index contributed by atoms with van der Waals surface area (Å²) in [7, 11) is 0. The SMILES string of the molecule is C=C/C=C\C(=C)c1cccc(N(c2ccc(-c3ccccc3)cc2)c2ccc(-c3ccc(-n4c5ccccc5c5ccccc54)cc3)cc2)c1. The molecule has 2 nitrogen and oxygen atoms in total. The van der Waals surface area contributed by atoms with Crippen LogP contribution in [0.15, 0.2) is 207 Å². The fourth-order valence-corrected chi connectivity index (χ4v) is 6.81. The van der Waals surface area contributed by atoms with E-state index >= 15 is 0 Å². The van der Waals surface area contributed by atoms with E-state index in [0.717, 1.165) is 33.9 Å². The van der Waals surface area contributed by atoms with Crippen LogP contribution in [0.25, 0.3) is 55.3 Å². The molecule has 1 heterocycles. The van der Waals surface area contributed by atoms with Gasteiger partial charge in [0.05, 0.1) is 11.0 Å². The molecule has 50 heavy (non-hydrogen) atoms. The zero-order chi connectivity index (χ0) is 33.9. The summed E-state index contributed by atoms with van der Waals surface area (Å²) in [5.41, 5.74) is 13.5. The first kappa shape index (κ1) is 30.7. The maximum atomic E-state index is 4.30. The van der Waals surface area contributed by atoms with Crippen molar-refractivity contribution < 1.29 is 0 Å². The van der Waals surface area contributed by atoms with Gasteiger partial charge in [-0.05, 0) is 94.1 Å². The van der Waals surface area contributed by atoms with Gasteiger partial charge in [0, 0.05) is 33.5 Å². The van der Waals surface area contributed by atoms with Crippen molar-refractivity contribution in [3.63, 3.8) is 0 Å². The Kier molecular flexibility index (Phi) is 8.26. The standard InChI is InChI=1S/C48H36N2/c1-3-4-13-35(2)40-16-12-17-44(34-40)49(41-28-22-37(23-29-41)36-14-6-5-7-15-36)42-30-24-38(25-31-42)39-26-32-43(33-27-39)50-47-20-10-8-18-45(47)46-19-9-11-21-48(46)50/h3-34H,1-2H2/b13-4-. The van der Waals surface area contributed by atoms with Gasteiger partial charge in [-0.2, -0.15) is 0 Å². The molecule has 0 bridgehead atoms. The minimum Gasteiger partial charge on any atom is -0.310 e. The van der Waals surface area contributed by atoms with E-state index in [1.807, 2.05) is 12.2 Å². The molecule has 1 aromatic heterocycles. The van der Waals surface area contributed by atoms with Gasteiger partial charge in [-0.15, -0.1) is 0 Å². The first-order valence-corrected chi connectivity index (χ1v) is 16.9. The van der Waals surface area contributed by atoms with Crippen molar-refractivity contribution in [1.29, 1.82) is 0 Å². The van der Waals surface area contributed by atoms with Crippen LogP contribution in [-0.2, 0) is 0 Å². The molecule has 0 spiro atoms. The van der Waals surface area contributed by atoms with Gasteiger partial charge in [0.25, 0.3) is 0 Å². The summed E-state index contributed by atoms with van der Waals surface area (Å²) in [6.45, 7) is 8.11. The molecule has 0 N–H and O–H groups in total. The number of rotatable bonds is 9. The lowest BCUT2D eigenvalue weighted by Crippen LogP contribution is -2.10. The Balaban J connectivity index is 1.14. The summed E-state index contributed by atoms with van der Waals surface area (Å²) in [5, 5.41) is 2.54. The van der Waals surface area contributed by atoms with E-state index < -0.39 is 0 Å². The Morgan fingerprint density at radius 3 is 1.54 bits per heavy atom. The van der Waals surface area contributed by atoms with Gasteiger partial charge in [-0.1, -0.05) is 147 Å². The lowest BCUT2D eigenvalue weighted by molar-refractivity contribution is 1.18. The Bertz CT molecular complexity index is 2430. The van der Waals surface area contributed by atoms with Gasteiger partial charge in [0.1, 0.15) is 0 Å². The first-order valence-electron chi connectivity index (χ1n) is 16.9. The van der Waals surface area contributed by atoms with Crippen LogP contribution in [0.4, 0.5) is 17.1 Å². The second-order valence-corrected chi connectivity index (χ2v) is 12.4. The maximum Gasteiger partial charge on any atom is 0.0541 e. The highest BCUT2D eigenvalue weighted by Crippen LogP contribution is 2.38. The molecule has 0 aliphatic heterocycles. The van der Waals surface area contributed by atoms with Crippen LogP contribution in [0.3, 0.4) is 0 Å². The first-order chi connectivity index (χ1) is 24.7. The highest BCUT2D eigenvalue weighted by molar-refractivity contribution is 6.09. The van der Waals surface area contributed by atoms with Crippen molar-refractivity contribution in [2.45, 2.75) is 0 Å². The second-order valence-electron chi connectivity index (χ2n) is 12.4. The van der Waals surface area contributed by atoms with Crippen LogP contribution >= 0.6 is 0 Å². The molecule has 0 atom stereocenters. The van der Waals surface area contributed by atoms with Crippen LogP contribution in [0, 0.1) is 0 Å². The molecule has 0 aliphatic carbocycles. The fraction of sp³-hybridized carbons (Fsp3) is 0. The van der Waals surface area contributed by atoms with Crippen molar-refractivity contribution in [3.05, 3.63) is 213 Å². The Morgan fingerprint density at radius 1 is 0.480 bits per heavy atom. The quantitative estimate of drug-likeness (QED) is 0.143. The highest BCUT2D eigenvalue weighted by Gasteiger charge is 2.15. The number of aromatic nitrogens is 1. The number of hydrogen-bond acceptors (Lipinski definition) is 1. The molecule has 238 valence electrons. The molecular weight excluding hydrogens is 605 g/mol. The van der Waals surface area contributed by atoms with E-state index in [9.17, 15) is 0 Å². The minimum absolute atomic E-state index is 0.936. The molecular formula is C48H36N2. The summed E-state index contributed by atoms with van der Waals surface area (Å²) in [6, 6.07) is 62.8. The van der Waals surface area contributed by atoms with E-state index in [2.05, 4.69) is 199 Å². The normalized spacial score (nSPS) is 11.3. The van der Waals surface area contributed by atoms with Gasteiger partial charge in [-0.3, -0.25) is 0 Å². The highest BCUT2D eigenvalue weighted by atomic mass is 15.1. The maximum absolute atomic E-state index is 4.30. The summed E-state index contributed by atoms with van der Waals surface area (Å²) in [5.74, 6) is 0. The van der Waals surface area contributed by atoms with E-state index in [0.29, 0.717) is 0 Å². The second kappa shape index (κ2) is 13.5. The number of hydrogen-bond donors (Lipinski definition) is 0. The number of nitrogens with zero attached hydrogens (tertiary/aromatic N) is 2. The van der Waals surface area contributed by atoms with Crippen molar-refractivity contribution in [3.8, 4) is 27.9 Å². The monoisotopic (exact) mass is 640 g/mol. The molecule has 0 radical (unpaired) electrons. The van der Waals surface area contributed by atoms with Gasteiger partial charge >= 0.3 is 0 Å². The summed E-state index contributed by atoms with van der Waals surface area (Å²) < 4.78 is 2.36. The fourth-order valence-electron chi connectivity index (χ4n) is 6.81. The molecule has 7 aromatic carbocycles. The van der Waals surface area contributed by atoms with Crippen molar-refractivity contribution in [2.75, 3.05) is 4.90 Å². The number of anilines is 3. The molecule has 0 saturated heterocycles. The summed E-state index contributed by atoms with van der Waals surface area (Å²) >= 11 is 0. The molecule has 0 amide bonds. The van der Waals surface area contributed by atoms with Crippen LogP contribution in [0.1, 0.15) is 5.56 Å². The predicted molar refractivity (Wildman–Crippen MR) is 215 cm³/mol. The van der Waals surface area contributed by atoms with Crippen LogP contribution < -0.4 is 4.90 Å². The predicted octanol–water partition coefficient (Wildman–Crippen LogP) is 13.3. The third-order valence-corrected chi connectivity index (χ3v) is 9.31. The Morgan fingerprint density at radius 2 is 0.980 bits per heavy atom. The Labute approximate surface area is 293 Å². The van der Waals surface area contributed by atoms with E-state index in [-0.39, 0.29) is 0 Å². The molecule has 8 aromatic rings. The van der Waals surface area contributed by atoms with Crippen molar-refractivity contribution in [1.82, 2.24) is 4.57 Å². The van der Waals surface area contributed by atoms with E-state index in [4.69, 9.17) is 0 Å². The smallest absolute Gasteiger partial charge is 0.0541 e. The van der Waals surface area contributed by atoms with E-state index in [1.165, 1.54) is 44.1 Å².